The number of aliphatic hydroxyl groups is 1. The van der Waals surface area contributed by atoms with Gasteiger partial charge < -0.3 is 5.11 Å². The van der Waals surface area contributed by atoms with Crippen molar-refractivity contribution in [2.75, 3.05) is 18.9 Å². The van der Waals surface area contributed by atoms with Crippen molar-refractivity contribution in [3.8, 4) is 11.8 Å². The Morgan fingerprint density at radius 1 is 1.30 bits per heavy atom. The summed E-state index contributed by atoms with van der Waals surface area (Å²) in [5, 5.41) is 8.70. The molecule has 1 fully saturated rings. The molecule has 1 aromatic carbocycles. The highest BCUT2D eigenvalue weighted by Crippen LogP contribution is 2.17. The van der Waals surface area contributed by atoms with E-state index < -0.39 is 10.0 Å². The van der Waals surface area contributed by atoms with Gasteiger partial charge in [-0.15, -0.1) is 0 Å². The lowest BCUT2D eigenvalue weighted by Crippen LogP contribution is -2.37. The lowest BCUT2D eigenvalue weighted by molar-refractivity contribution is 0.305. The quantitative estimate of drug-likeness (QED) is 0.856. The van der Waals surface area contributed by atoms with E-state index in [1.54, 1.807) is 4.31 Å². The predicted octanol–water partition coefficient (Wildman–Crippen LogP) is 1.35. The zero-order chi connectivity index (χ0) is 14.4. The Labute approximate surface area is 120 Å². The third-order valence-corrected chi connectivity index (χ3v) is 5.11. The Balaban J connectivity index is 2.10. The van der Waals surface area contributed by atoms with Gasteiger partial charge in [-0.05, 0) is 30.5 Å². The summed E-state index contributed by atoms with van der Waals surface area (Å²) < 4.78 is 25.5. The molecule has 0 radical (unpaired) electrons. The summed E-state index contributed by atoms with van der Waals surface area (Å²) in [6.45, 7) is 1.07. The predicted molar refractivity (Wildman–Crippen MR) is 78.5 cm³/mol. The van der Waals surface area contributed by atoms with Crippen molar-refractivity contribution < 1.29 is 13.5 Å². The highest BCUT2D eigenvalue weighted by molar-refractivity contribution is 7.89. The highest BCUT2D eigenvalue weighted by atomic mass is 32.2. The minimum Gasteiger partial charge on any atom is -0.395 e. The lowest BCUT2D eigenvalue weighted by atomic mass is 10.1. The lowest BCUT2D eigenvalue weighted by Gasteiger charge is -2.26. The standard InChI is InChI=1S/C15H19NO3S/c17-10-3-1-6-14-7-5-8-15(12-14)13-16-9-2-4-11-20(16,18)19/h5,7-8,12,17H,2-4,9-11,13H2. The minimum atomic E-state index is -3.09. The van der Waals surface area contributed by atoms with Crippen molar-refractivity contribution in [2.24, 2.45) is 0 Å². The first-order valence-electron chi connectivity index (χ1n) is 6.78. The van der Waals surface area contributed by atoms with Crippen molar-refractivity contribution in [1.82, 2.24) is 4.31 Å². The number of hydrogen-bond acceptors (Lipinski definition) is 3. The molecule has 1 heterocycles. The average Bonchev–Trinajstić information content (AvgIpc) is 2.42. The second-order valence-electron chi connectivity index (χ2n) is 4.83. The van der Waals surface area contributed by atoms with Crippen LogP contribution in [0.15, 0.2) is 24.3 Å². The molecule has 1 saturated heterocycles. The first-order chi connectivity index (χ1) is 9.62. The van der Waals surface area contributed by atoms with Crippen LogP contribution in [0.4, 0.5) is 0 Å². The first kappa shape index (κ1) is 15.0. The molecule has 1 N–H and O–H groups in total. The summed E-state index contributed by atoms with van der Waals surface area (Å²) >= 11 is 0. The molecule has 1 aromatic rings. The van der Waals surface area contributed by atoms with Gasteiger partial charge >= 0.3 is 0 Å². The van der Waals surface area contributed by atoms with Gasteiger partial charge in [-0.2, -0.15) is 4.31 Å². The highest BCUT2D eigenvalue weighted by Gasteiger charge is 2.25. The van der Waals surface area contributed by atoms with Crippen molar-refractivity contribution in [3.05, 3.63) is 35.4 Å². The fourth-order valence-electron chi connectivity index (χ4n) is 2.19. The molecule has 4 nitrogen and oxygen atoms in total. The van der Waals surface area contributed by atoms with E-state index in [0.717, 1.165) is 24.0 Å². The van der Waals surface area contributed by atoms with Gasteiger partial charge in [0.05, 0.1) is 12.4 Å². The van der Waals surface area contributed by atoms with Crippen LogP contribution in [-0.4, -0.2) is 36.7 Å². The Hall–Kier alpha value is -1.35. The third kappa shape index (κ3) is 4.07. The van der Waals surface area contributed by atoms with E-state index in [0.29, 0.717) is 19.5 Å². The molecule has 0 aromatic heterocycles. The topological polar surface area (TPSA) is 57.6 Å². The van der Waals surface area contributed by atoms with Gasteiger partial charge in [-0.1, -0.05) is 24.0 Å². The first-order valence-corrected chi connectivity index (χ1v) is 8.39. The van der Waals surface area contributed by atoms with E-state index in [-0.39, 0.29) is 12.4 Å². The van der Waals surface area contributed by atoms with Crippen LogP contribution in [0.25, 0.3) is 0 Å². The zero-order valence-electron chi connectivity index (χ0n) is 11.4. The van der Waals surface area contributed by atoms with E-state index in [4.69, 9.17) is 5.11 Å². The second kappa shape index (κ2) is 6.89. The average molecular weight is 293 g/mol. The van der Waals surface area contributed by atoms with Crippen LogP contribution >= 0.6 is 0 Å². The Morgan fingerprint density at radius 2 is 2.15 bits per heavy atom. The Bertz CT molecular complexity index is 613. The van der Waals surface area contributed by atoms with E-state index in [1.165, 1.54) is 0 Å². The summed E-state index contributed by atoms with van der Waals surface area (Å²) in [5.41, 5.74) is 1.80. The van der Waals surface area contributed by atoms with Crippen molar-refractivity contribution in [1.29, 1.82) is 0 Å². The van der Waals surface area contributed by atoms with Crippen LogP contribution in [0.3, 0.4) is 0 Å². The molecule has 0 aliphatic carbocycles. The van der Waals surface area contributed by atoms with Gasteiger partial charge in [0.1, 0.15) is 0 Å². The van der Waals surface area contributed by atoms with Crippen molar-refractivity contribution >= 4 is 10.0 Å². The molecule has 0 bridgehead atoms. The number of benzene rings is 1. The molecule has 5 heteroatoms. The van der Waals surface area contributed by atoms with Gasteiger partial charge in [0, 0.05) is 25.1 Å². The van der Waals surface area contributed by atoms with Gasteiger partial charge in [0.2, 0.25) is 10.0 Å². The number of aliphatic hydroxyl groups excluding tert-OH is 1. The van der Waals surface area contributed by atoms with Crippen LogP contribution in [0, 0.1) is 11.8 Å². The minimum absolute atomic E-state index is 0.0543. The van der Waals surface area contributed by atoms with Gasteiger partial charge in [0.25, 0.3) is 0 Å². The molecule has 0 unspecified atom stereocenters. The zero-order valence-corrected chi connectivity index (χ0v) is 12.2. The summed E-state index contributed by atoms with van der Waals surface area (Å²) in [6.07, 6.45) is 2.13. The molecule has 0 saturated carbocycles. The van der Waals surface area contributed by atoms with Gasteiger partial charge in [-0.3, -0.25) is 0 Å². The molecule has 2 rings (SSSR count). The van der Waals surface area contributed by atoms with E-state index in [2.05, 4.69) is 11.8 Å². The fourth-order valence-corrected chi connectivity index (χ4v) is 3.77. The maximum absolute atomic E-state index is 12.0. The number of sulfonamides is 1. The van der Waals surface area contributed by atoms with Crippen LogP contribution in [0.1, 0.15) is 30.4 Å². The molecular formula is C15H19NO3S. The second-order valence-corrected chi connectivity index (χ2v) is 6.92. The molecule has 0 spiro atoms. The smallest absolute Gasteiger partial charge is 0.214 e. The Kier molecular flexibility index (Phi) is 5.18. The SMILES string of the molecule is O=S1(=O)CCCCN1Cc1cccc(C#CCCO)c1. The van der Waals surface area contributed by atoms with Gasteiger partial charge in [0.15, 0.2) is 0 Å². The van der Waals surface area contributed by atoms with Crippen LogP contribution in [-0.2, 0) is 16.6 Å². The molecule has 1 aliphatic rings. The summed E-state index contributed by atoms with van der Waals surface area (Å²) in [4.78, 5) is 0. The van der Waals surface area contributed by atoms with Crippen LogP contribution in [0.2, 0.25) is 0 Å². The van der Waals surface area contributed by atoms with Crippen LogP contribution < -0.4 is 0 Å². The molecule has 1 aliphatic heterocycles. The van der Waals surface area contributed by atoms with Gasteiger partial charge in [-0.25, -0.2) is 8.42 Å². The molecular weight excluding hydrogens is 274 g/mol. The van der Waals surface area contributed by atoms with E-state index in [9.17, 15) is 8.42 Å². The number of rotatable bonds is 3. The largest absolute Gasteiger partial charge is 0.395 e. The summed E-state index contributed by atoms with van der Waals surface area (Å²) in [5.74, 6) is 6.09. The van der Waals surface area contributed by atoms with Crippen molar-refractivity contribution in [2.45, 2.75) is 25.8 Å². The van der Waals surface area contributed by atoms with E-state index >= 15 is 0 Å². The molecule has 108 valence electrons. The summed E-state index contributed by atoms with van der Waals surface area (Å²) in [7, 11) is -3.09. The monoisotopic (exact) mass is 293 g/mol. The normalized spacial score (nSPS) is 18.2. The molecule has 0 atom stereocenters. The fraction of sp³-hybridized carbons (Fsp3) is 0.467. The number of hydrogen-bond donors (Lipinski definition) is 1. The van der Waals surface area contributed by atoms with Crippen molar-refractivity contribution in [3.63, 3.8) is 0 Å². The Morgan fingerprint density at radius 3 is 2.90 bits per heavy atom. The maximum Gasteiger partial charge on any atom is 0.214 e. The van der Waals surface area contributed by atoms with Crippen LogP contribution in [0.5, 0.6) is 0 Å². The third-order valence-electron chi connectivity index (χ3n) is 3.21. The molecule has 0 amide bonds. The summed E-state index contributed by atoms with van der Waals surface area (Å²) in [6, 6.07) is 7.60. The molecule has 20 heavy (non-hydrogen) atoms. The number of nitrogens with zero attached hydrogens (tertiary/aromatic N) is 1. The maximum atomic E-state index is 12.0. The van der Waals surface area contributed by atoms with E-state index in [1.807, 2.05) is 24.3 Å².